The summed E-state index contributed by atoms with van der Waals surface area (Å²) in [6, 6.07) is 19.1. The minimum absolute atomic E-state index is 0.254. The molecule has 32 heavy (non-hydrogen) atoms. The Morgan fingerprint density at radius 3 is 2.16 bits per heavy atom. The zero-order valence-electron chi connectivity index (χ0n) is 18.1. The van der Waals surface area contributed by atoms with Gasteiger partial charge in [0.15, 0.2) is 0 Å². The van der Waals surface area contributed by atoms with Crippen LogP contribution in [0.5, 0.6) is 11.5 Å². The predicted octanol–water partition coefficient (Wildman–Crippen LogP) is 6.46. The summed E-state index contributed by atoms with van der Waals surface area (Å²) in [5.74, 6) is 1.30. The van der Waals surface area contributed by atoms with Crippen LogP contribution in [-0.2, 0) is 13.0 Å². The molecule has 0 saturated carbocycles. The van der Waals surface area contributed by atoms with Gasteiger partial charge in [0.25, 0.3) is 5.91 Å². The number of ether oxygens (including phenoxy) is 2. The summed E-state index contributed by atoms with van der Waals surface area (Å²) in [5.41, 5.74) is 7.15. The standard InChI is InChI=1S/C25H24Br2N2O3/c1-16-12-22(26)24(23(27)13-16)32-15-19-4-8-20(9-5-19)25(30)29-28-17(2)14-18-6-10-21(31-3)11-7-18/h4-13H,14-15H2,1-3H3,(H,29,30). The lowest BCUT2D eigenvalue weighted by atomic mass is 10.1. The molecule has 5 nitrogen and oxygen atoms in total. The number of hydrogen-bond donors (Lipinski definition) is 1. The van der Waals surface area contributed by atoms with E-state index in [0.29, 0.717) is 18.6 Å². The van der Waals surface area contributed by atoms with Gasteiger partial charge in [-0.15, -0.1) is 0 Å². The fourth-order valence-electron chi connectivity index (χ4n) is 3.02. The van der Waals surface area contributed by atoms with Crippen molar-refractivity contribution >= 4 is 43.5 Å². The van der Waals surface area contributed by atoms with Gasteiger partial charge in [0.1, 0.15) is 18.1 Å². The molecule has 1 N–H and O–H groups in total. The lowest BCUT2D eigenvalue weighted by molar-refractivity contribution is 0.0954. The van der Waals surface area contributed by atoms with Crippen molar-refractivity contribution in [3.8, 4) is 11.5 Å². The largest absolute Gasteiger partial charge is 0.497 e. The van der Waals surface area contributed by atoms with Gasteiger partial charge in [0.2, 0.25) is 0 Å². The van der Waals surface area contributed by atoms with E-state index in [-0.39, 0.29) is 5.91 Å². The van der Waals surface area contributed by atoms with Gasteiger partial charge in [-0.3, -0.25) is 4.79 Å². The molecule has 0 atom stereocenters. The molecule has 0 aliphatic carbocycles. The van der Waals surface area contributed by atoms with Crippen molar-refractivity contribution < 1.29 is 14.3 Å². The Labute approximate surface area is 205 Å². The number of nitrogens with one attached hydrogen (secondary N) is 1. The number of carbonyl (C=O) groups is 1. The number of carbonyl (C=O) groups excluding carboxylic acids is 1. The Kier molecular flexibility index (Phi) is 8.47. The zero-order chi connectivity index (χ0) is 23.1. The molecule has 3 aromatic rings. The van der Waals surface area contributed by atoms with Gasteiger partial charge in [0.05, 0.1) is 16.1 Å². The molecule has 0 aliphatic heterocycles. The van der Waals surface area contributed by atoms with Crippen LogP contribution in [0.1, 0.15) is 34.0 Å². The number of aryl methyl sites for hydroxylation is 1. The minimum Gasteiger partial charge on any atom is -0.497 e. The van der Waals surface area contributed by atoms with Gasteiger partial charge < -0.3 is 9.47 Å². The SMILES string of the molecule is COc1ccc(CC(C)=NNC(=O)c2ccc(COc3c(Br)cc(C)cc3Br)cc2)cc1. The Bertz CT molecular complexity index is 1090. The first-order valence-corrected chi connectivity index (χ1v) is 11.6. The summed E-state index contributed by atoms with van der Waals surface area (Å²) >= 11 is 7.06. The smallest absolute Gasteiger partial charge is 0.271 e. The Balaban J connectivity index is 1.54. The van der Waals surface area contributed by atoms with Gasteiger partial charge in [-0.25, -0.2) is 5.43 Å². The van der Waals surface area contributed by atoms with E-state index in [1.165, 1.54) is 0 Å². The molecule has 3 aromatic carbocycles. The van der Waals surface area contributed by atoms with Gasteiger partial charge >= 0.3 is 0 Å². The summed E-state index contributed by atoms with van der Waals surface area (Å²) in [7, 11) is 1.64. The van der Waals surface area contributed by atoms with Gasteiger partial charge in [0, 0.05) is 17.7 Å². The topological polar surface area (TPSA) is 59.9 Å². The average molecular weight is 560 g/mol. The van der Waals surface area contributed by atoms with E-state index in [4.69, 9.17) is 9.47 Å². The van der Waals surface area contributed by atoms with Crippen LogP contribution < -0.4 is 14.9 Å². The molecular weight excluding hydrogens is 536 g/mol. The first kappa shape index (κ1) is 24.0. The average Bonchev–Trinajstić information content (AvgIpc) is 2.77. The molecule has 0 unspecified atom stereocenters. The number of hydrogen-bond acceptors (Lipinski definition) is 4. The fourth-order valence-corrected chi connectivity index (χ4v) is 4.67. The number of amides is 1. The van der Waals surface area contributed by atoms with E-state index in [1.807, 2.05) is 62.4 Å². The number of benzene rings is 3. The van der Waals surface area contributed by atoms with Crippen LogP contribution in [0.3, 0.4) is 0 Å². The highest BCUT2D eigenvalue weighted by atomic mass is 79.9. The van der Waals surface area contributed by atoms with Gasteiger partial charge in [-0.1, -0.05) is 24.3 Å². The number of halogens is 2. The first-order valence-electron chi connectivity index (χ1n) is 9.99. The highest BCUT2D eigenvalue weighted by Crippen LogP contribution is 2.35. The maximum atomic E-state index is 12.4. The van der Waals surface area contributed by atoms with Crippen molar-refractivity contribution in [2.24, 2.45) is 5.10 Å². The Morgan fingerprint density at radius 2 is 1.56 bits per heavy atom. The third-order valence-corrected chi connectivity index (χ3v) is 5.89. The number of hydrazone groups is 1. The Hall–Kier alpha value is -2.64. The second-order valence-corrected chi connectivity index (χ2v) is 9.06. The summed E-state index contributed by atoms with van der Waals surface area (Å²) in [5, 5.41) is 4.21. The van der Waals surface area contributed by atoms with Crippen molar-refractivity contribution in [3.63, 3.8) is 0 Å². The molecular formula is C25H24Br2N2O3. The first-order chi connectivity index (χ1) is 15.4. The molecule has 1 amide bonds. The molecule has 0 spiro atoms. The fraction of sp³-hybridized carbons (Fsp3) is 0.200. The molecule has 0 bridgehead atoms. The molecule has 0 radical (unpaired) electrons. The second kappa shape index (κ2) is 11.3. The third kappa shape index (κ3) is 6.68. The molecule has 0 aliphatic rings. The number of nitrogens with zero attached hydrogens (tertiary/aromatic N) is 1. The molecule has 0 heterocycles. The zero-order valence-corrected chi connectivity index (χ0v) is 21.3. The van der Waals surface area contributed by atoms with E-state index in [0.717, 1.165) is 42.8 Å². The normalized spacial score (nSPS) is 11.2. The van der Waals surface area contributed by atoms with Crippen LogP contribution in [0.25, 0.3) is 0 Å². The van der Waals surface area contributed by atoms with E-state index in [9.17, 15) is 4.79 Å². The van der Waals surface area contributed by atoms with Crippen molar-refractivity contribution in [1.29, 1.82) is 0 Å². The molecule has 0 saturated heterocycles. The maximum Gasteiger partial charge on any atom is 0.271 e. The van der Waals surface area contributed by atoms with E-state index < -0.39 is 0 Å². The van der Waals surface area contributed by atoms with Crippen LogP contribution in [0.4, 0.5) is 0 Å². The van der Waals surface area contributed by atoms with Crippen molar-refractivity contribution in [2.45, 2.75) is 26.9 Å². The molecule has 166 valence electrons. The summed E-state index contributed by atoms with van der Waals surface area (Å²) < 4.78 is 12.9. The van der Waals surface area contributed by atoms with Crippen molar-refractivity contribution in [2.75, 3.05) is 7.11 Å². The van der Waals surface area contributed by atoms with Crippen LogP contribution in [-0.4, -0.2) is 18.7 Å². The Morgan fingerprint density at radius 1 is 0.969 bits per heavy atom. The maximum absolute atomic E-state index is 12.4. The second-order valence-electron chi connectivity index (χ2n) is 7.36. The minimum atomic E-state index is -0.254. The summed E-state index contributed by atoms with van der Waals surface area (Å²) in [4.78, 5) is 12.4. The van der Waals surface area contributed by atoms with Gasteiger partial charge in [-0.2, -0.15) is 5.10 Å². The van der Waals surface area contributed by atoms with E-state index in [1.54, 1.807) is 19.2 Å². The summed E-state index contributed by atoms with van der Waals surface area (Å²) in [6.07, 6.45) is 0.644. The monoisotopic (exact) mass is 558 g/mol. The molecule has 3 rings (SSSR count). The van der Waals surface area contributed by atoms with Crippen molar-refractivity contribution in [1.82, 2.24) is 5.43 Å². The van der Waals surface area contributed by atoms with E-state index >= 15 is 0 Å². The lowest BCUT2D eigenvalue weighted by Crippen LogP contribution is -2.19. The highest BCUT2D eigenvalue weighted by Gasteiger charge is 2.09. The van der Waals surface area contributed by atoms with Crippen molar-refractivity contribution in [3.05, 3.63) is 91.9 Å². The number of rotatable bonds is 8. The van der Waals surface area contributed by atoms with Crippen LogP contribution >= 0.6 is 31.9 Å². The predicted molar refractivity (Wildman–Crippen MR) is 135 cm³/mol. The molecule has 0 aromatic heterocycles. The third-order valence-electron chi connectivity index (χ3n) is 4.71. The molecule has 7 heteroatoms. The lowest BCUT2D eigenvalue weighted by Gasteiger charge is -2.11. The van der Waals surface area contributed by atoms with Crippen LogP contribution in [0, 0.1) is 6.92 Å². The molecule has 0 fully saturated rings. The quantitative estimate of drug-likeness (QED) is 0.254. The number of methoxy groups -OCH3 is 1. The van der Waals surface area contributed by atoms with E-state index in [2.05, 4.69) is 42.4 Å². The van der Waals surface area contributed by atoms with Crippen LogP contribution in [0.15, 0.2) is 74.7 Å². The highest BCUT2D eigenvalue weighted by molar-refractivity contribution is 9.11. The van der Waals surface area contributed by atoms with Crippen LogP contribution in [0.2, 0.25) is 0 Å². The van der Waals surface area contributed by atoms with Gasteiger partial charge in [-0.05, 0) is 98.8 Å². The summed E-state index contributed by atoms with van der Waals surface area (Å²) in [6.45, 7) is 4.29.